The van der Waals surface area contributed by atoms with Gasteiger partial charge in [0, 0.05) is 24.9 Å². The third-order valence-electron chi connectivity index (χ3n) is 4.33. The molecule has 1 amide bonds. The van der Waals surface area contributed by atoms with E-state index in [1.54, 1.807) is 12.1 Å². The highest BCUT2D eigenvalue weighted by atomic mass is 19.4. The van der Waals surface area contributed by atoms with E-state index in [0.717, 1.165) is 11.8 Å². The minimum atomic E-state index is -4.57. The van der Waals surface area contributed by atoms with Gasteiger partial charge in [0.25, 0.3) is 5.91 Å². The highest BCUT2D eigenvalue weighted by molar-refractivity contribution is 5.97. The Morgan fingerprint density at radius 1 is 1.21 bits per heavy atom. The first kappa shape index (κ1) is 18.9. The van der Waals surface area contributed by atoms with Gasteiger partial charge >= 0.3 is 6.18 Å². The lowest BCUT2D eigenvalue weighted by Gasteiger charge is -2.13. The van der Waals surface area contributed by atoms with Gasteiger partial charge in [-0.05, 0) is 24.3 Å². The van der Waals surface area contributed by atoms with Crippen LogP contribution in [0.4, 0.5) is 17.6 Å². The quantitative estimate of drug-likeness (QED) is 0.650. The number of amides is 1. The number of nitrogens with one attached hydrogen (secondary N) is 2. The zero-order valence-corrected chi connectivity index (χ0v) is 14.8. The lowest BCUT2D eigenvalue weighted by molar-refractivity contribution is -0.153. The van der Waals surface area contributed by atoms with E-state index in [-0.39, 0.29) is 23.0 Å². The van der Waals surface area contributed by atoms with Crippen molar-refractivity contribution in [2.45, 2.75) is 12.6 Å². The van der Waals surface area contributed by atoms with E-state index < -0.39 is 18.6 Å². The Bertz CT molecular complexity index is 1080. The molecule has 0 fully saturated rings. The lowest BCUT2D eigenvalue weighted by atomic mass is 10.1. The molecule has 0 aliphatic carbocycles. The van der Waals surface area contributed by atoms with E-state index >= 15 is 0 Å². The molecule has 1 aromatic carbocycles. The third-order valence-corrected chi connectivity index (χ3v) is 4.33. The molecule has 4 rings (SSSR count). The summed E-state index contributed by atoms with van der Waals surface area (Å²) in [5.41, 5.74) is 1.86. The van der Waals surface area contributed by atoms with Crippen molar-refractivity contribution in [2.24, 2.45) is 0 Å². The highest BCUT2D eigenvalue weighted by Crippen LogP contribution is 2.33. The average Bonchev–Trinajstić information content (AvgIpc) is 3.12. The number of alkyl halides is 3. The molecule has 150 valence electrons. The number of H-pyrrole nitrogens is 1. The Hall–Kier alpha value is -3.43. The van der Waals surface area contributed by atoms with Gasteiger partial charge in [0.1, 0.15) is 11.6 Å². The van der Waals surface area contributed by atoms with Gasteiger partial charge in [0.2, 0.25) is 0 Å². The van der Waals surface area contributed by atoms with Gasteiger partial charge in [-0.15, -0.1) is 0 Å². The number of hydrogen-bond acceptors (Lipinski definition) is 4. The summed E-state index contributed by atoms with van der Waals surface area (Å²) in [5.74, 6) is -1.47. The second kappa shape index (κ2) is 7.19. The summed E-state index contributed by atoms with van der Waals surface area (Å²) < 4.78 is 56.7. The Labute approximate surface area is 161 Å². The first-order chi connectivity index (χ1) is 13.8. The number of aromatic amines is 1. The van der Waals surface area contributed by atoms with Gasteiger partial charge in [-0.1, -0.05) is 6.07 Å². The van der Waals surface area contributed by atoms with Crippen LogP contribution in [0.15, 0.2) is 36.5 Å². The van der Waals surface area contributed by atoms with Crippen molar-refractivity contribution in [2.75, 3.05) is 13.2 Å². The molecule has 0 unspecified atom stereocenters. The number of fused-ring (bicyclic) bond motifs is 1. The van der Waals surface area contributed by atoms with E-state index in [0.29, 0.717) is 29.9 Å². The molecule has 2 aromatic heterocycles. The van der Waals surface area contributed by atoms with Crippen LogP contribution in [0.3, 0.4) is 0 Å². The second-order valence-electron chi connectivity index (χ2n) is 6.36. The van der Waals surface area contributed by atoms with Gasteiger partial charge in [-0.25, -0.2) is 14.4 Å². The number of nitrogens with zero attached hydrogens (tertiary/aromatic N) is 2. The molecule has 0 saturated carbocycles. The van der Waals surface area contributed by atoms with Gasteiger partial charge < -0.3 is 15.0 Å². The number of benzene rings is 1. The van der Waals surface area contributed by atoms with Crippen LogP contribution in [-0.4, -0.2) is 40.2 Å². The van der Waals surface area contributed by atoms with Crippen molar-refractivity contribution in [1.82, 2.24) is 20.3 Å². The molecule has 3 heterocycles. The summed E-state index contributed by atoms with van der Waals surface area (Å²) in [6.07, 6.45) is -2.59. The van der Waals surface area contributed by atoms with Crippen molar-refractivity contribution >= 4 is 5.91 Å². The van der Waals surface area contributed by atoms with Crippen LogP contribution >= 0.6 is 0 Å². The molecule has 1 aliphatic heterocycles. The summed E-state index contributed by atoms with van der Waals surface area (Å²) in [6, 6.07) is 6.72. The van der Waals surface area contributed by atoms with E-state index in [9.17, 15) is 22.4 Å². The van der Waals surface area contributed by atoms with Crippen LogP contribution in [0.2, 0.25) is 0 Å². The maximum absolute atomic E-state index is 14.4. The summed E-state index contributed by atoms with van der Waals surface area (Å²) in [6.45, 7) is -1.06. The zero-order valence-electron chi connectivity index (χ0n) is 14.8. The summed E-state index contributed by atoms with van der Waals surface area (Å²) in [7, 11) is 0. The maximum atomic E-state index is 14.4. The first-order valence-electron chi connectivity index (χ1n) is 8.64. The summed E-state index contributed by atoms with van der Waals surface area (Å²) in [5, 5.41) is 2.73. The van der Waals surface area contributed by atoms with Crippen LogP contribution in [-0.2, 0) is 6.42 Å². The summed E-state index contributed by atoms with van der Waals surface area (Å²) >= 11 is 0. The Morgan fingerprint density at radius 2 is 2.03 bits per heavy atom. The lowest BCUT2D eigenvalue weighted by Crippen LogP contribution is -2.31. The number of rotatable bonds is 4. The molecular formula is C19H14F4N4O2. The number of hydrogen-bond donors (Lipinski definition) is 2. The minimum absolute atomic E-state index is 0.130. The molecule has 0 bridgehead atoms. The Morgan fingerprint density at radius 3 is 2.79 bits per heavy atom. The molecule has 1 aliphatic rings. The second-order valence-corrected chi connectivity index (χ2v) is 6.36. The number of ether oxygens (including phenoxy) is 1. The van der Waals surface area contributed by atoms with Gasteiger partial charge in [0.05, 0.1) is 22.5 Å². The molecule has 29 heavy (non-hydrogen) atoms. The SMILES string of the molecule is O=C1NCCc2[nH]c(-c3ccnc(-c4c(F)cccc4OCC(F)(F)F)n3)cc21. The Balaban J connectivity index is 1.72. The first-order valence-corrected chi connectivity index (χ1v) is 8.64. The van der Waals surface area contributed by atoms with E-state index in [2.05, 4.69) is 20.3 Å². The summed E-state index contributed by atoms with van der Waals surface area (Å²) in [4.78, 5) is 23.3. The van der Waals surface area contributed by atoms with Crippen LogP contribution in [0.5, 0.6) is 5.75 Å². The third kappa shape index (κ3) is 3.91. The molecule has 2 N–H and O–H groups in total. The largest absolute Gasteiger partial charge is 0.483 e. The normalized spacial score (nSPS) is 13.7. The van der Waals surface area contributed by atoms with Gasteiger partial charge in [0.15, 0.2) is 12.4 Å². The predicted octanol–water partition coefficient (Wildman–Crippen LogP) is 3.50. The fourth-order valence-electron chi connectivity index (χ4n) is 3.06. The number of halogens is 4. The molecular weight excluding hydrogens is 392 g/mol. The van der Waals surface area contributed by atoms with Crippen LogP contribution in [0.25, 0.3) is 22.8 Å². The monoisotopic (exact) mass is 406 g/mol. The van der Waals surface area contributed by atoms with E-state index in [4.69, 9.17) is 4.74 Å². The van der Waals surface area contributed by atoms with Crippen molar-refractivity contribution in [3.63, 3.8) is 0 Å². The van der Waals surface area contributed by atoms with Crippen molar-refractivity contribution < 1.29 is 27.1 Å². The van der Waals surface area contributed by atoms with Crippen LogP contribution < -0.4 is 10.1 Å². The average molecular weight is 406 g/mol. The number of carbonyl (C=O) groups is 1. The molecule has 0 radical (unpaired) electrons. The molecule has 6 nitrogen and oxygen atoms in total. The molecule has 10 heteroatoms. The smallest absolute Gasteiger partial charge is 0.422 e. The van der Waals surface area contributed by atoms with Gasteiger partial charge in [-0.2, -0.15) is 13.2 Å². The maximum Gasteiger partial charge on any atom is 0.422 e. The van der Waals surface area contributed by atoms with Crippen LogP contribution in [0, 0.1) is 5.82 Å². The topological polar surface area (TPSA) is 79.9 Å². The Kier molecular flexibility index (Phi) is 4.69. The highest BCUT2D eigenvalue weighted by Gasteiger charge is 2.29. The fraction of sp³-hybridized carbons (Fsp3) is 0.211. The molecule has 3 aromatic rings. The zero-order chi connectivity index (χ0) is 20.6. The predicted molar refractivity (Wildman–Crippen MR) is 94.8 cm³/mol. The van der Waals surface area contributed by atoms with Crippen LogP contribution in [0.1, 0.15) is 16.1 Å². The van der Waals surface area contributed by atoms with Gasteiger partial charge in [-0.3, -0.25) is 4.79 Å². The number of carbonyl (C=O) groups excluding carboxylic acids is 1. The molecule has 0 spiro atoms. The molecule has 0 saturated heterocycles. The number of aromatic nitrogens is 3. The van der Waals surface area contributed by atoms with Crippen molar-refractivity contribution in [1.29, 1.82) is 0 Å². The standard InChI is InChI=1S/C19H14F4N4O2/c20-11-2-1-3-15(29-9-19(21,22)23)16(11)17-24-6-5-13(27-17)14-8-10-12(26-14)4-7-25-18(10)28/h1-3,5-6,8,26H,4,7,9H2,(H,25,28). The molecule has 0 atom stereocenters. The minimum Gasteiger partial charge on any atom is -0.483 e. The van der Waals surface area contributed by atoms with Crippen molar-refractivity contribution in [3.05, 3.63) is 53.6 Å². The van der Waals surface area contributed by atoms with E-state index in [1.807, 2.05) is 0 Å². The van der Waals surface area contributed by atoms with Crippen molar-refractivity contribution in [3.8, 4) is 28.5 Å². The van der Waals surface area contributed by atoms with E-state index in [1.165, 1.54) is 18.3 Å². The fourth-order valence-corrected chi connectivity index (χ4v) is 3.06.